The summed E-state index contributed by atoms with van der Waals surface area (Å²) in [5.74, 6) is 1.15. The van der Waals surface area contributed by atoms with Crippen LogP contribution >= 0.6 is 11.8 Å². The molecular weight excluding hydrogens is 234 g/mol. The van der Waals surface area contributed by atoms with Gasteiger partial charge >= 0.3 is 0 Å². The molecule has 0 radical (unpaired) electrons. The van der Waals surface area contributed by atoms with E-state index in [9.17, 15) is 4.79 Å². The third kappa shape index (κ3) is 5.44. The first-order chi connectivity index (χ1) is 7.99. The van der Waals surface area contributed by atoms with Gasteiger partial charge in [0.2, 0.25) is 5.91 Å². The summed E-state index contributed by atoms with van der Waals surface area (Å²) in [7, 11) is 0. The van der Waals surface area contributed by atoms with Gasteiger partial charge in [-0.1, -0.05) is 39.5 Å². The minimum atomic E-state index is 0.0370. The van der Waals surface area contributed by atoms with Gasteiger partial charge in [-0.15, -0.1) is 0 Å². The molecule has 0 spiro atoms. The lowest BCUT2D eigenvalue weighted by molar-refractivity contribution is -0.120. The maximum Gasteiger partial charge on any atom is 0.239 e. The maximum atomic E-state index is 11.5. The van der Waals surface area contributed by atoms with Crippen molar-refractivity contribution in [3.05, 3.63) is 0 Å². The lowest BCUT2D eigenvalue weighted by atomic mass is 10.1. The first-order valence-corrected chi connectivity index (χ1v) is 7.08. The van der Waals surface area contributed by atoms with Crippen molar-refractivity contribution in [3.63, 3.8) is 0 Å². The molecule has 17 heavy (non-hydrogen) atoms. The summed E-state index contributed by atoms with van der Waals surface area (Å²) in [4.78, 5) is 15.9. The average molecular weight is 257 g/mol. The Hall–Kier alpha value is -0.710. The average Bonchev–Trinajstić information content (AvgIpc) is 2.72. The zero-order valence-corrected chi connectivity index (χ0v) is 11.9. The smallest absolute Gasteiger partial charge is 0.239 e. The Morgan fingerprint density at radius 2 is 2.18 bits per heavy atom. The van der Waals surface area contributed by atoms with E-state index in [2.05, 4.69) is 43.3 Å². The maximum absolute atomic E-state index is 11.5. The number of hydrogen-bond acceptors (Lipinski definition) is 4. The topological polar surface area (TPSA) is 53.5 Å². The summed E-state index contributed by atoms with van der Waals surface area (Å²) < 4.78 is 0. The van der Waals surface area contributed by atoms with Crippen LogP contribution in [0.1, 0.15) is 27.7 Å². The normalized spacial score (nSPS) is 19.6. The van der Waals surface area contributed by atoms with Crippen molar-refractivity contribution in [2.24, 2.45) is 16.8 Å². The second-order valence-electron chi connectivity index (χ2n) is 5.10. The van der Waals surface area contributed by atoms with Crippen LogP contribution in [0, 0.1) is 11.8 Å². The summed E-state index contributed by atoms with van der Waals surface area (Å²) in [5.41, 5.74) is 0. The summed E-state index contributed by atoms with van der Waals surface area (Å²) in [5, 5.41) is 7.42. The molecule has 0 bridgehead atoms. The zero-order valence-electron chi connectivity index (χ0n) is 11.1. The molecule has 2 N–H and O–H groups in total. The number of rotatable bonds is 5. The van der Waals surface area contributed by atoms with Gasteiger partial charge in [0.25, 0.3) is 0 Å². The quantitative estimate of drug-likeness (QED) is 0.784. The third-order valence-electron chi connectivity index (χ3n) is 2.53. The highest BCUT2D eigenvalue weighted by molar-refractivity contribution is 8.14. The number of hydrogen-bond donors (Lipinski definition) is 2. The molecule has 0 aromatic heterocycles. The molecule has 1 amide bonds. The van der Waals surface area contributed by atoms with Crippen LogP contribution in [0.25, 0.3) is 0 Å². The van der Waals surface area contributed by atoms with Gasteiger partial charge in [0.1, 0.15) is 0 Å². The van der Waals surface area contributed by atoms with Gasteiger partial charge in [-0.2, -0.15) is 0 Å². The highest BCUT2D eigenvalue weighted by Crippen LogP contribution is 2.25. The molecular formula is C12H23N3OS. The highest BCUT2D eigenvalue weighted by Gasteiger charge is 2.22. The fraction of sp³-hybridized carbons (Fsp3) is 0.833. The summed E-state index contributed by atoms with van der Waals surface area (Å²) in [6, 6.07) is 0. The predicted octanol–water partition coefficient (Wildman–Crippen LogP) is 1.48. The van der Waals surface area contributed by atoms with Gasteiger partial charge in [-0.3, -0.25) is 9.79 Å². The summed E-state index contributed by atoms with van der Waals surface area (Å²) >= 11 is 1.74. The van der Waals surface area contributed by atoms with Crippen LogP contribution in [-0.2, 0) is 4.79 Å². The monoisotopic (exact) mass is 257 g/mol. The number of amides is 1. The molecule has 0 saturated carbocycles. The van der Waals surface area contributed by atoms with E-state index in [-0.39, 0.29) is 5.91 Å². The van der Waals surface area contributed by atoms with E-state index >= 15 is 0 Å². The van der Waals surface area contributed by atoms with Crippen LogP contribution in [0.2, 0.25) is 0 Å². The number of carbonyl (C=O) groups is 1. The van der Waals surface area contributed by atoms with Crippen LogP contribution < -0.4 is 10.6 Å². The second kappa shape index (κ2) is 6.89. The number of thioether (sulfide) groups is 1. The minimum absolute atomic E-state index is 0.0370. The Morgan fingerprint density at radius 3 is 2.71 bits per heavy atom. The van der Waals surface area contributed by atoms with Crippen molar-refractivity contribution in [2.45, 2.75) is 32.9 Å². The Balaban J connectivity index is 2.17. The third-order valence-corrected chi connectivity index (χ3v) is 4.02. The van der Waals surface area contributed by atoms with Crippen molar-refractivity contribution >= 4 is 22.8 Å². The second-order valence-corrected chi connectivity index (χ2v) is 6.33. The van der Waals surface area contributed by atoms with Crippen molar-refractivity contribution in [3.8, 4) is 0 Å². The molecule has 1 heterocycles. The Kier molecular flexibility index (Phi) is 5.82. The van der Waals surface area contributed by atoms with Gasteiger partial charge in [0.05, 0.1) is 13.1 Å². The molecule has 0 aromatic carbocycles. The van der Waals surface area contributed by atoms with Crippen LogP contribution in [0.5, 0.6) is 0 Å². The largest absolute Gasteiger partial charge is 0.356 e. The standard InChI is InChI=1S/C12H23N3OS/c1-8(2)5-13-11(16)7-15-12-14-6-10(17-12)9(3)4/h8-10H,5-7H2,1-4H3,(H,13,16)(H,14,15). The highest BCUT2D eigenvalue weighted by atomic mass is 32.2. The molecule has 1 aliphatic heterocycles. The molecule has 4 nitrogen and oxygen atoms in total. The molecule has 1 unspecified atom stereocenters. The number of carbonyl (C=O) groups excluding carboxylic acids is 1. The van der Waals surface area contributed by atoms with E-state index in [0.29, 0.717) is 23.6 Å². The number of nitrogens with zero attached hydrogens (tertiary/aromatic N) is 1. The number of nitrogens with one attached hydrogen (secondary N) is 2. The zero-order chi connectivity index (χ0) is 12.8. The molecule has 1 atom stereocenters. The first kappa shape index (κ1) is 14.4. The number of amidine groups is 1. The van der Waals surface area contributed by atoms with E-state index < -0.39 is 0 Å². The first-order valence-electron chi connectivity index (χ1n) is 6.20. The molecule has 5 heteroatoms. The van der Waals surface area contributed by atoms with Gasteiger partial charge < -0.3 is 10.6 Å². The van der Waals surface area contributed by atoms with Crippen LogP contribution in [0.15, 0.2) is 4.99 Å². The summed E-state index contributed by atoms with van der Waals surface area (Å²) in [6.07, 6.45) is 0. The lowest BCUT2D eigenvalue weighted by Gasteiger charge is -2.12. The molecule has 0 saturated heterocycles. The Bertz CT molecular complexity index is 289. The number of aliphatic imine (C=N–C) groups is 1. The molecule has 0 aliphatic carbocycles. The van der Waals surface area contributed by atoms with E-state index in [1.54, 1.807) is 11.8 Å². The Morgan fingerprint density at radius 1 is 1.47 bits per heavy atom. The molecule has 1 rings (SSSR count). The molecule has 0 aromatic rings. The van der Waals surface area contributed by atoms with E-state index in [1.807, 2.05) is 0 Å². The lowest BCUT2D eigenvalue weighted by Crippen LogP contribution is -2.37. The fourth-order valence-electron chi connectivity index (χ4n) is 1.37. The van der Waals surface area contributed by atoms with Crippen LogP contribution in [0.3, 0.4) is 0 Å². The van der Waals surface area contributed by atoms with Crippen molar-refractivity contribution in [2.75, 3.05) is 19.6 Å². The Labute approximate surface area is 108 Å². The SMILES string of the molecule is CC(C)CNC(=O)CNC1=NCC(C(C)C)S1. The van der Waals surface area contributed by atoms with Gasteiger partial charge in [-0.25, -0.2) is 0 Å². The van der Waals surface area contributed by atoms with Gasteiger partial charge in [0, 0.05) is 11.8 Å². The molecule has 0 fully saturated rings. The van der Waals surface area contributed by atoms with Crippen molar-refractivity contribution < 1.29 is 4.79 Å². The predicted molar refractivity (Wildman–Crippen MR) is 74.4 cm³/mol. The fourth-order valence-corrected chi connectivity index (χ4v) is 2.38. The van der Waals surface area contributed by atoms with Crippen molar-refractivity contribution in [1.82, 2.24) is 10.6 Å². The van der Waals surface area contributed by atoms with E-state index in [1.165, 1.54) is 0 Å². The van der Waals surface area contributed by atoms with Gasteiger partial charge in [-0.05, 0) is 11.8 Å². The molecule has 98 valence electrons. The van der Waals surface area contributed by atoms with Gasteiger partial charge in [0.15, 0.2) is 5.17 Å². The van der Waals surface area contributed by atoms with E-state index in [4.69, 9.17) is 0 Å². The van der Waals surface area contributed by atoms with Crippen LogP contribution in [-0.4, -0.2) is 36.0 Å². The van der Waals surface area contributed by atoms with Crippen molar-refractivity contribution in [1.29, 1.82) is 0 Å². The van der Waals surface area contributed by atoms with Crippen LogP contribution in [0.4, 0.5) is 0 Å². The minimum Gasteiger partial charge on any atom is -0.356 e. The van der Waals surface area contributed by atoms with E-state index in [0.717, 1.165) is 18.3 Å². The molecule has 1 aliphatic rings. The summed E-state index contributed by atoms with van der Waals surface area (Å²) in [6.45, 7) is 10.5.